The number of benzene rings is 1. The van der Waals surface area contributed by atoms with Gasteiger partial charge in [-0.3, -0.25) is 4.79 Å². The quantitative estimate of drug-likeness (QED) is 0.339. The lowest BCUT2D eigenvalue weighted by atomic mass is 10.2. The minimum Gasteiger partial charge on any atom is -0.466 e. The summed E-state index contributed by atoms with van der Waals surface area (Å²) >= 11 is 1.81. The second kappa shape index (κ2) is 8.86. The Morgan fingerprint density at radius 2 is 2.17 bits per heavy atom. The fraction of sp³-hybridized carbons (Fsp3) is 0.500. The third-order valence-electron chi connectivity index (χ3n) is 2.46. The number of esters is 1. The van der Waals surface area contributed by atoms with Crippen molar-refractivity contribution in [3.05, 3.63) is 24.3 Å². The molecule has 0 bridgehead atoms. The summed E-state index contributed by atoms with van der Waals surface area (Å²) in [6, 6.07) is 7.92. The van der Waals surface area contributed by atoms with Gasteiger partial charge < -0.3 is 10.5 Å². The molecule has 0 radical (unpaired) electrons. The van der Waals surface area contributed by atoms with E-state index in [0.29, 0.717) is 13.0 Å². The number of carbonyl (C=O) groups is 1. The number of hydrogen-bond donors (Lipinski definition) is 1. The first kappa shape index (κ1) is 14.9. The van der Waals surface area contributed by atoms with Gasteiger partial charge in [-0.15, -0.1) is 11.8 Å². The van der Waals surface area contributed by atoms with E-state index in [2.05, 4.69) is 6.07 Å². The first-order chi connectivity index (χ1) is 8.72. The minimum absolute atomic E-state index is 0.0824. The van der Waals surface area contributed by atoms with Gasteiger partial charge in [0.15, 0.2) is 0 Å². The number of thioether (sulfide) groups is 1. The Morgan fingerprint density at radius 1 is 1.33 bits per heavy atom. The second-order valence-electron chi connectivity index (χ2n) is 4.04. The van der Waals surface area contributed by atoms with E-state index in [1.165, 1.54) is 4.90 Å². The van der Waals surface area contributed by atoms with Crippen molar-refractivity contribution in [2.45, 2.75) is 37.5 Å². The van der Waals surface area contributed by atoms with Crippen molar-refractivity contribution in [2.75, 3.05) is 18.1 Å². The van der Waals surface area contributed by atoms with Crippen molar-refractivity contribution in [1.82, 2.24) is 0 Å². The smallest absolute Gasteiger partial charge is 0.305 e. The summed E-state index contributed by atoms with van der Waals surface area (Å²) in [4.78, 5) is 12.3. The van der Waals surface area contributed by atoms with Crippen LogP contribution in [-0.4, -0.2) is 18.3 Å². The lowest BCUT2D eigenvalue weighted by Crippen LogP contribution is -2.03. The number of carbonyl (C=O) groups excluding carboxylic acids is 1. The van der Waals surface area contributed by atoms with E-state index in [1.54, 1.807) is 0 Å². The van der Waals surface area contributed by atoms with Gasteiger partial charge in [-0.1, -0.05) is 12.5 Å². The van der Waals surface area contributed by atoms with Crippen LogP contribution >= 0.6 is 11.8 Å². The fourth-order valence-electron chi connectivity index (χ4n) is 1.58. The van der Waals surface area contributed by atoms with Crippen LogP contribution in [0, 0.1) is 0 Å². The van der Waals surface area contributed by atoms with E-state index in [0.717, 1.165) is 30.7 Å². The van der Waals surface area contributed by atoms with Crippen molar-refractivity contribution in [3.8, 4) is 0 Å². The van der Waals surface area contributed by atoms with Gasteiger partial charge in [0.05, 0.1) is 6.61 Å². The molecule has 0 aliphatic carbocycles. The maximum atomic E-state index is 11.1. The van der Waals surface area contributed by atoms with Crippen LogP contribution in [0.4, 0.5) is 5.69 Å². The maximum Gasteiger partial charge on any atom is 0.305 e. The van der Waals surface area contributed by atoms with Gasteiger partial charge in [0.25, 0.3) is 0 Å². The summed E-state index contributed by atoms with van der Waals surface area (Å²) in [5.74, 6) is 0.979. The predicted molar refractivity (Wildman–Crippen MR) is 76.7 cm³/mol. The molecule has 0 saturated heterocycles. The first-order valence-electron chi connectivity index (χ1n) is 6.36. The molecule has 18 heavy (non-hydrogen) atoms. The monoisotopic (exact) mass is 267 g/mol. The number of hydrogen-bond acceptors (Lipinski definition) is 4. The lowest BCUT2D eigenvalue weighted by molar-refractivity contribution is -0.143. The summed E-state index contributed by atoms with van der Waals surface area (Å²) in [7, 11) is 0. The van der Waals surface area contributed by atoms with Crippen molar-refractivity contribution in [2.24, 2.45) is 0 Å². The lowest BCUT2D eigenvalue weighted by Gasteiger charge is -2.03. The number of rotatable bonds is 8. The van der Waals surface area contributed by atoms with Gasteiger partial charge in [-0.05, 0) is 43.7 Å². The molecule has 0 atom stereocenters. The Hall–Kier alpha value is -1.16. The maximum absolute atomic E-state index is 11.1. The van der Waals surface area contributed by atoms with Gasteiger partial charge in [0.1, 0.15) is 0 Å². The van der Waals surface area contributed by atoms with E-state index in [1.807, 2.05) is 36.9 Å². The Labute approximate surface area is 113 Å². The molecule has 1 aromatic carbocycles. The highest BCUT2D eigenvalue weighted by Gasteiger charge is 2.01. The SMILES string of the molecule is CCOC(=O)CCCCCSc1cccc(N)c1. The molecule has 0 spiro atoms. The molecule has 0 saturated carbocycles. The molecule has 4 heteroatoms. The molecule has 0 aliphatic rings. The van der Waals surface area contributed by atoms with Crippen LogP contribution in [0.5, 0.6) is 0 Å². The Kier molecular flexibility index (Phi) is 7.34. The van der Waals surface area contributed by atoms with Crippen molar-refractivity contribution in [3.63, 3.8) is 0 Å². The second-order valence-corrected chi connectivity index (χ2v) is 5.20. The predicted octanol–water partition coefficient (Wildman–Crippen LogP) is 3.48. The molecular formula is C14H21NO2S. The van der Waals surface area contributed by atoms with Gasteiger partial charge in [0.2, 0.25) is 0 Å². The molecule has 0 heterocycles. The van der Waals surface area contributed by atoms with E-state index in [-0.39, 0.29) is 5.97 Å². The molecule has 100 valence electrons. The summed E-state index contributed by atoms with van der Waals surface area (Å²) in [5, 5.41) is 0. The van der Waals surface area contributed by atoms with E-state index in [9.17, 15) is 4.79 Å². The molecule has 1 aromatic rings. The van der Waals surface area contributed by atoms with Crippen LogP contribution < -0.4 is 5.73 Å². The van der Waals surface area contributed by atoms with Crippen LogP contribution in [0.15, 0.2) is 29.2 Å². The van der Waals surface area contributed by atoms with Crippen LogP contribution in [0.3, 0.4) is 0 Å². The largest absolute Gasteiger partial charge is 0.466 e. The Morgan fingerprint density at radius 3 is 2.89 bits per heavy atom. The zero-order valence-corrected chi connectivity index (χ0v) is 11.7. The molecular weight excluding hydrogens is 246 g/mol. The van der Waals surface area contributed by atoms with Gasteiger partial charge >= 0.3 is 5.97 Å². The molecule has 3 nitrogen and oxygen atoms in total. The minimum atomic E-state index is -0.0824. The fourth-order valence-corrected chi connectivity index (χ4v) is 2.55. The van der Waals surface area contributed by atoms with E-state index >= 15 is 0 Å². The highest BCUT2D eigenvalue weighted by molar-refractivity contribution is 7.99. The number of anilines is 1. The third-order valence-corrected chi connectivity index (χ3v) is 3.54. The van der Waals surface area contributed by atoms with Crippen molar-refractivity contribution >= 4 is 23.4 Å². The zero-order chi connectivity index (χ0) is 13.2. The van der Waals surface area contributed by atoms with Crippen molar-refractivity contribution < 1.29 is 9.53 Å². The molecule has 1 rings (SSSR count). The average molecular weight is 267 g/mol. The molecule has 0 aromatic heterocycles. The normalized spacial score (nSPS) is 10.3. The molecule has 0 amide bonds. The van der Waals surface area contributed by atoms with E-state index < -0.39 is 0 Å². The summed E-state index contributed by atoms with van der Waals surface area (Å²) in [5.41, 5.74) is 6.52. The highest BCUT2D eigenvalue weighted by atomic mass is 32.2. The van der Waals surface area contributed by atoms with E-state index in [4.69, 9.17) is 10.5 Å². The molecule has 0 unspecified atom stereocenters. The third kappa shape index (κ3) is 6.55. The standard InChI is InChI=1S/C14H21NO2S/c1-2-17-14(16)9-4-3-5-10-18-13-8-6-7-12(15)11-13/h6-8,11H,2-5,9-10,15H2,1H3. The molecule has 0 fully saturated rings. The average Bonchev–Trinajstić information content (AvgIpc) is 2.34. The number of unbranched alkanes of at least 4 members (excludes halogenated alkanes) is 2. The first-order valence-corrected chi connectivity index (χ1v) is 7.35. The Bertz CT molecular complexity index is 369. The van der Waals surface area contributed by atoms with Crippen LogP contribution in [0.25, 0.3) is 0 Å². The number of ether oxygens (including phenoxy) is 1. The molecule has 2 N–H and O–H groups in total. The highest BCUT2D eigenvalue weighted by Crippen LogP contribution is 2.21. The van der Waals surface area contributed by atoms with Crippen LogP contribution in [-0.2, 0) is 9.53 Å². The number of nitrogen functional groups attached to an aromatic ring is 1. The molecule has 0 aliphatic heterocycles. The topological polar surface area (TPSA) is 52.3 Å². The van der Waals surface area contributed by atoms with Gasteiger partial charge in [0, 0.05) is 17.0 Å². The zero-order valence-electron chi connectivity index (χ0n) is 10.9. The summed E-state index contributed by atoms with van der Waals surface area (Å²) in [6.45, 7) is 2.31. The van der Waals surface area contributed by atoms with Crippen LogP contribution in [0.2, 0.25) is 0 Å². The van der Waals surface area contributed by atoms with Crippen LogP contribution in [0.1, 0.15) is 32.6 Å². The summed E-state index contributed by atoms with van der Waals surface area (Å²) in [6.07, 6.45) is 3.63. The number of nitrogens with two attached hydrogens (primary N) is 1. The van der Waals surface area contributed by atoms with Gasteiger partial charge in [-0.2, -0.15) is 0 Å². The van der Waals surface area contributed by atoms with Gasteiger partial charge in [-0.25, -0.2) is 0 Å². The summed E-state index contributed by atoms with van der Waals surface area (Å²) < 4.78 is 4.87. The van der Waals surface area contributed by atoms with Crippen molar-refractivity contribution in [1.29, 1.82) is 0 Å². The Balaban J connectivity index is 2.04.